The molecule has 0 unspecified atom stereocenters. The lowest BCUT2D eigenvalue weighted by atomic mass is 9.95. The Morgan fingerprint density at radius 2 is 1.85 bits per heavy atom. The normalized spacial score (nSPS) is 19.3. The van der Waals surface area contributed by atoms with Gasteiger partial charge in [0, 0.05) is 44.5 Å². The zero-order chi connectivity index (χ0) is 18.4. The first-order valence-electron chi connectivity index (χ1n) is 9.14. The second kappa shape index (κ2) is 8.81. The highest BCUT2D eigenvalue weighted by Gasteiger charge is 2.29. The SMILES string of the molecule is CN(C)c1ccc(CCC(=O)N[C@H]2COC[C@H]2Cc2ccncc2)cc1. The monoisotopic (exact) mass is 353 g/mol. The highest BCUT2D eigenvalue weighted by atomic mass is 16.5. The van der Waals surface area contributed by atoms with Crippen LogP contribution in [0.2, 0.25) is 0 Å². The second-order valence-corrected chi connectivity index (χ2v) is 7.09. The number of nitrogens with one attached hydrogen (secondary N) is 1. The number of hydrogen-bond donors (Lipinski definition) is 1. The standard InChI is InChI=1S/C21H27N3O2/c1-24(2)19-6-3-16(4-7-19)5-8-21(25)23-20-15-26-14-18(20)13-17-9-11-22-12-10-17/h3-4,6-7,9-12,18,20H,5,8,13-15H2,1-2H3,(H,23,25)/t18-,20+/m1/s1. The first-order chi connectivity index (χ1) is 12.6. The Morgan fingerprint density at radius 1 is 1.12 bits per heavy atom. The van der Waals surface area contributed by atoms with Crippen LogP contribution in [0.4, 0.5) is 5.69 Å². The number of aryl methyl sites for hydroxylation is 1. The van der Waals surface area contributed by atoms with Gasteiger partial charge in [0.25, 0.3) is 0 Å². The number of nitrogens with zero attached hydrogens (tertiary/aromatic N) is 2. The molecule has 1 fully saturated rings. The van der Waals surface area contributed by atoms with Crippen molar-refractivity contribution in [1.29, 1.82) is 0 Å². The zero-order valence-electron chi connectivity index (χ0n) is 15.5. The van der Waals surface area contributed by atoms with Gasteiger partial charge in [0.2, 0.25) is 5.91 Å². The van der Waals surface area contributed by atoms with Crippen LogP contribution in [-0.4, -0.2) is 44.2 Å². The van der Waals surface area contributed by atoms with Gasteiger partial charge in [-0.15, -0.1) is 0 Å². The summed E-state index contributed by atoms with van der Waals surface area (Å²) in [5.74, 6) is 0.414. The van der Waals surface area contributed by atoms with Crippen molar-refractivity contribution in [3.8, 4) is 0 Å². The number of carbonyl (C=O) groups is 1. The molecule has 1 aromatic heterocycles. The average molecular weight is 353 g/mol. The summed E-state index contributed by atoms with van der Waals surface area (Å²) in [5, 5.41) is 3.16. The van der Waals surface area contributed by atoms with Crippen molar-refractivity contribution >= 4 is 11.6 Å². The molecule has 0 spiro atoms. The van der Waals surface area contributed by atoms with Gasteiger partial charge in [0.05, 0.1) is 19.3 Å². The van der Waals surface area contributed by atoms with Crippen LogP contribution in [0, 0.1) is 5.92 Å². The van der Waals surface area contributed by atoms with Gasteiger partial charge in [-0.3, -0.25) is 9.78 Å². The molecule has 1 amide bonds. The van der Waals surface area contributed by atoms with Crippen LogP contribution in [0.3, 0.4) is 0 Å². The van der Waals surface area contributed by atoms with E-state index >= 15 is 0 Å². The van der Waals surface area contributed by atoms with Crippen LogP contribution in [0.15, 0.2) is 48.8 Å². The topological polar surface area (TPSA) is 54.5 Å². The number of carbonyl (C=O) groups excluding carboxylic acids is 1. The lowest BCUT2D eigenvalue weighted by Gasteiger charge is -2.19. The van der Waals surface area contributed by atoms with Crippen LogP contribution >= 0.6 is 0 Å². The maximum absolute atomic E-state index is 12.4. The maximum Gasteiger partial charge on any atom is 0.220 e. The summed E-state index contributed by atoms with van der Waals surface area (Å²) in [6.45, 7) is 1.29. The molecule has 0 saturated carbocycles. The minimum atomic E-state index is 0.0896. The quantitative estimate of drug-likeness (QED) is 0.831. The van der Waals surface area contributed by atoms with E-state index in [1.807, 2.05) is 26.2 Å². The third-order valence-electron chi connectivity index (χ3n) is 4.89. The van der Waals surface area contributed by atoms with Gasteiger partial charge in [0.15, 0.2) is 0 Å². The third kappa shape index (κ3) is 5.05. The summed E-state index contributed by atoms with van der Waals surface area (Å²) in [7, 11) is 4.04. The molecule has 1 aromatic carbocycles. The minimum absolute atomic E-state index is 0.0896. The number of anilines is 1. The summed E-state index contributed by atoms with van der Waals surface area (Å²) in [5.41, 5.74) is 3.58. The molecule has 0 bridgehead atoms. The summed E-state index contributed by atoms with van der Waals surface area (Å²) in [6, 6.07) is 12.5. The van der Waals surface area contributed by atoms with Crippen molar-refractivity contribution in [2.75, 3.05) is 32.2 Å². The number of ether oxygens (including phenoxy) is 1. The van der Waals surface area contributed by atoms with E-state index in [0.717, 1.165) is 12.8 Å². The van der Waals surface area contributed by atoms with E-state index in [-0.39, 0.29) is 11.9 Å². The first-order valence-corrected chi connectivity index (χ1v) is 9.14. The Labute approximate surface area is 155 Å². The lowest BCUT2D eigenvalue weighted by molar-refractivity contribution is -0.122. The Morgan fingerprint density at radius 3 is 2.54 bits per heavy atom. The van der Waals surface area contributed by atoms with Gasteiger partial charge in [-0.25, -0.2) is 0 Å². The molecule has 0 radical (unpaired) electrons. The number of rotatable bonds is 7. The number of aromatic nitrogens is 1. The number of pyridine rings is 1. The molecular weight excluding hydrogens is 326 g/mol. The molecule has 1 aliphatic heterocycles. The fourth-order valence-corrected chi connectivity index (χ4v) is 3.28. The molecule has 5 heteroatoms. The zero-order valence-corrected chi connectivity index (χ0v) is 15.5. The Bertz CT molecular complexity index is 701. The minimum Gasteiger partial charge on any atom is -0.379 e. The predicted octanol–water partition coefficient (Wildman–Crippen LogP) is 2.45. The van der Waals surface area contributed by atoms with Crippen molar-refractivity contribution in [2.45, 2.75) is 25.3 Å². The fourth-order valence-electron chi connectivity index (χ4n) is 3.28. The first kappa shape index (κ1) is 18.4. The largest absolute Gasteiger partial charge is 0.379 e. The van der Waals surface area contributed by atoms with E-state index in [9.17, 15) is 4.79 Å². The third-order valence-corrected chi connectivity index (χ3v) is 4.89. The van der Waals surface area contributed by atoms with Gasteiger partial charge in [-0.2, -0.15) is 0 Å². The molecule has 26 heavy (non-hydrogen) atoms. The molecule has 0 aliphatic carbocycles. The van der Waals surface area contributed by atoms with E-state index < -0.39 is 0 Å². The number of benzene rings is 1. The van der Waals surface area contributed by atoms with E-state index in [4.69, 9.17) is 4.74 Å². The Balaban J connectivity index is 1.47. The van der Waals surface area contributed by atoms with E-state index in [2.05, 4.69) is 39.5 Å². The molecule has 5 nitrogen and oxygen atoms in total. The van der Waals surface area contributed by atoms with Crippen molar-refractivity contribution in [3.63, 3.8) is 0 Å². The average Bonchev–Trinajstić information content (AvgIpc) is 3.08. The summed E-state index contributed by atoms with van der Waals surface area (Å²) in [6.07, 6.45) is 5.77. The highest BCUT2D eigenvalue weighted by molar-refractivity contribution is 5.76. The molecule has 138 valence electrons. The highest BCUT2D eigenvalue weighted by Crippen LogP contribution is 2.19. The smallest absolute Gasteiger partial charge is 0.220 e. The van der Waals surface area contributed by atoms with Crippen molar-refractivity contribution in [1.82, 2.24) is 10.3 Å². The number of amides is 1. The molecule has 1 N–H and O–H groups in total. The second-order valence-electron chi connectivity index (χ2n) is 7.09. The lowest BCUT2D eigenvalue weighted by Crippen LogP contribution is -2.40. The summed E-state index contributed by atoms with van der Waals surface area (Å²) in [4.78, 5) is 18.5. The van der Waals surface area contributed by atoms with Gasteiger partial charge < -0.3 is 15.0 Å². The predicted molar refractivity (Wildman–Crippen MR) is 103 cm³/mol. The summed E-state index contributed by atoms with van der Waals surface area (Å²) < 4.78 is 5.61. The molecule has 1 aliphatic rings. The maximum atomic E-state index is 12.4. The van der Waals surface area contributed by atoms with Crippen LogP contribution < -0.4 is 10.2 Å². The van der Waals surface area contributed by atoms with Crippen LogP contribution in [0.25, 0.3) is 0 Å². The molecule has 2 atom stereocenters. The molecule has 3 rings (SSSR count). The van der Waals surface area contributed by atoms with Gasteiger partial charge in [0.1, 0.15) is 0 Å². The fraction of sp³-hybridized carbons (Fsp3) is 0.429. The van der Waals surface area contributed by atoms with Crippen molar-refractivity contribution in [2.24, 2.45) is 5.92 Å². The van der Waals surface area contributed by atoms with Crippen LogP contribution in [-0.2, 0) is 22.4 Å². The van der Waals surface area contributed by atoms with Crippen LogP contribution in [0.1, 0.15) is 17.5 Å². The van der Waals surface area contributed by atoms with E-state index in [1.165, 1.54) is 16.8 Å². The Kier molecular flexibility index (Phi) is 6.23. The molecule has 2 heterocycles. The molecule has 1 saturated heterocycles. The van der Waals surface area contributed by atoms with Gasteiger partial charge >= 0.3 is 0 Å². The van der Waals surface area contributed by atoms with Gasteiger partial charge in [-0.05, 0) is 48.2 Å². The summed E-state index contributed by atoms with van der Waals surface area (Å²) >= 11 is 0. The Hall–Kier alpha value is -2.40. The van der Waals surface area contributed by atoms with Gasteiger partial charge in [-0.1, -0.05) is 12.1 Å². The molecule has 2 aromatic rings. The molecular formula is C21H27N3O2. The van der Waals surface area contributed by atoms with E-state index in [0.29, 0.717) is 25.6 Å². The van der Waals surface area contributed by atoms with Crippen molar-refractivity contribution in [3.05, 3.63) is 59.9 Å². The van der Waals surface area contributed by atoms with Crippen molar-refractivity contribution < 1.29 is 9.53 Å². The van der Waals surface area contributed by atoms with E-state index in [1.54, 1.807) is 12.4 Å². The van der Waals surface area contributed by atoms with Crippen LogP contribution in [0.5, 0.6) is 0 Å². The number of hydrogen-bond acceptors (Lipinski definition) is 4.